The Labute approximate surface area is 121 Å². The zero-order valence-electron chi connectivity index (χ0n) is 12.3. The summed E-state index contributed by atoms with van der Waals surface area (Å²) in [6.07, 6.45) is 1.49. The third kappa shape index (κ3) is 3.38. The van der Waals surface area contributed by atoms with Crippen LogP contribution in [0.5, 0.6) is 0 Å². The highest BCUT2D eigenvalue weighted by Crippen LogP contribution is 2.22. The predicted molar refractivity (Wildman–Crippen MR) is 79.5 cm³/mol. The number of carbonyl (C=O) groups excluding carboxylic acids is 1. The average molecular weight is 276 g/mol. The van der Waals surface area contributed by atoms with Crippen molar-refractivity contribution in [2.75, 3.05) is 26.7 Å². The van der Waals surface area contributed by atoms with Crippen LogP contribution in [0.1, 0.15) is 31.4 Å². The van der Waals surface area contributed by atoms with Gasteiger partial charge in [-0.25, -0.2) is 0 Å². The number of methoxy groups -OCH3 is 1. The maximum atomic E-state index is 12.8. The second kappa shape index (κ2) is 7.41. The largest absolute Gasteiger partial charge is 0.367 e. The first-order chi connectivity index (χ1) is 9.77. The zero-order chi connectivity index (χ0) is 14.4. The maximum Gasteiger partial charge on any atom is 0.256 e. The van der Waals surface area contributed by atoms with Gasteiger partial charge in [-0.2, -0.15) is 0 Å². The highest BCUT2D eigenvalue weighted by Gasteiger charge is 2.31. The van der Waals surface area contributed by atoms with Crippen LogP contribution in [0.25, 0.3) is 0 Å². The van der Waals surface area contributed by atoms with Crippen LogP contribution in [0.15, 0.2) is 30.3 Å². The minimum Gasteiger partial charge on any atom is -0.367 e. The highest BCUT2D eigenvalue weighted by atomic mass is 16.5. The van der Waals surface area contributed by atoms with Crippen molar-refractivity contribution >= 4 is 5.91 Å². The normalized spacial score (nSPS) is 19.8. The molecule has 1 amide bonds. The van der Waals surface area contributed by atoms with Gasteiger partial charge in [0.2, 0.25) is 0 Å². The van der Waals surface area contributed by atoms with Crippen LogP contribution in [0.2, 0.25) is 0 Å². The molecule has 1 fully saturated rings. The second-order valence-electron chi connectivity index (χ2n) is 5.20. The van der Waals surface area contributed by atoms with E-state index in [1.807, 2.05) is 35.2 Å². The second-order valence-corrected chi connectivity index (χ2v) is 5.20. The van der Waals surface area contributed by atoms with Crippen LogP contribution in [0.3, 0.4) is 0 Å². The predicted octanol–water partition coefficient (Wildman–Crippen LogP) is 1.97. The van der Waals surface area contributed by atoms with E-state index in [4.69, 9.17) is 4.74 Å². The zero-order valence-corrected chi connectivity index (χ0v) is 12.3. The van der Waals surface area contributed by atoms with Crippen LogP contribution in [-0.4, -0.2) is 43.6 Å². The summed E-state index contributed by atoms with van der Waals surface area (Å²) in [5.41, 5.74) is 0.923. The van der Waals surface area contributed by atoms with Gasteiger partial charge in [-0.3, -0.25) is 4.79 Å². The molecule has 4 nitrogen and oxygen atoms in total. The van der Waals surface area contributed by atoms with Crippen molar-refractivity contribution in [2.45, 2.75) is 31.9 Å². The van der Waals surface area contributed by atoms with Crippen LogP contribution < -0.4 is 5.32 Å². The Morgan fingerprint density at radius 1 is 1.45 bits per heavy atom. The lowest BCUT2D eigenvalue weighted by Gasteiger charge is -2.31. The lowest BCUT2D eigenvalue weighted by Crippen LogP contribution is -2.44. The molecule has 0 bridgehead atoms. The van der Waals surface area contributed by atoms with Crippen molar-refractivity contribution in [1.82, 2.24) is 10.2 Å². The quantitative estimate of drug-likeness (QED) is 0.864. The van der Waals surface area contributed by atoms with E-state index in [1.165, 1.54) is 0 Å². The number of carbonyl (C=O) groups is 1. The minimum atomic E-state index is -0.497. The molecular formula is C16H24N2O2. The Bertz CT molecular complexity index is 416. The SMILES string of the molecule is CCCN(C(=O)C(OC)c1ccccc1)C1CCNC1. The van der Waals surface area contributed by atoms with Crippen molar-refractivity contribution in [3.63, 3.8) is 0 Å². The summed E-state index contributed by atoms with van der Waals surface area (Å²) in [6.45, 7) is 4.77. The van der Waals surface area contributed by atoms with Gasteiger partial charge in [0, 0.05) is 26.2 Å². The van der Waals surface area contributed by atoms with E-state index >= 15 is 0 Å². The van der Waals surface area contributed by atoms with Gasteiger partial charge in [0.05, 0.1) is 0 Å². The standard InChI is InChI=1S/C16H24N2O2/c1-3-11-18(14-9-10-17-12-14)16(19)15(20-2)13-7-5-4-6-8-13/h4-8,14-15,17H,3,9-12H2,1-2H3. The minimum absolute atomic E-state index is 0.0780. The lowest BCUT2D eigenvalue weighted by atomic mass is 10.1. The number of hydrogen-bond donors (Lipinski definition) is 1. The summed E-state index contributed by atoms with van der Waals surface area (Å²) in [5.74, 6) is 0.0780. The van der Waals surface area contributed by atoms with Crippen molar-refractivity contribution in [3.05, 3.63) is 35.9 Å². The van der Waals surface area contributed by atoms with Gasteiger partial charge < -0.3 is 15.0 Å². The van der Waals surface area contributed by atoms with Crippen molar-refractivity contribution in [1.29, 1.82) is 0 Å². The summed E-state index contributed by atoms with van der Waals surface area (Å²) in [7, 11) is 1.60. The molecule has 1 aliphatic heterocycles. The van der Waals surface area contributed by atoms with Crippen LogP contribution in [0.4, 0.5) is 0 Å². The molecule has 1 saturated heterocycles. The molecule has 0 saturated carbocycles. The Morgan fingerprint density at radius 2 is 2.20 bits per heavy atom. The third-order valence-corrected chi connectivity index (χ3v) is 3.78. The number of benzene rings is 1. The fourth-order valence-electron chi connectivity index (χ4n) is 2.78. The maximum absolute atomic E-state index is 12.8. The van der Waals surface area contributed by atoms with Crippen LogP contribution >= 0.6 is 0 Å². The number of hydrogen-bond acceptors (Lipinski definition) is 3. The number of amides is 1. The van der Waals surface area contributed by atoms with Crippen LogP contribution in [-0.2, 0) is 9.53 Å². The fraction of sp³-hybridized carbons (Fsp3) is 0.562. The van der Waals surface area contributed by atoms with E-state index < -0.39 is 6.10 Å². The van der Waals surface area contributed by atoms with Crippen molar-refractivity contribution in [2.24, 2.45) is 0 Å². The summed E-state index contributed by atoms with van der Waals surface area (Å²) in [4.78, 5) is 14.8. The lowest BCUT2D eigenvalue weighted by molar-refractivity contribution is -0.144. The summed E-state index contributed by atoms with van der Waals surface area (Å²) < 4.78 is 5.47. The van der Waals surface area contributed by atoms with E-state index in [-0.39, 0.29) is 5.91 Å². The number of rotatable bonds is 6. The molecule has 1 aliphatic rings. The Morgan fingerprint density at radius 3 is 2.75 bits per heavy atom. The van der Waals surface area contributed by atoms with Crippen molar-refractivity contribution in [3.8, 4) is 0 Å². The topological polar surface area (TPSA) is 41.6 Å². The first-order valence-electron chi connectivity index (χ1n) is 7.36. The third-order valence-electron chi connectivity index (χ3n) is 3.78. The number of ether oxygens (including phenoxy) is 1. The van der Waals surface area contributed by atoms with Gasteiger partial charge in [-0.15, -0.1) is 0 Å². The first kappa shape index (κ1) is 15.0. The molecule has 4 heteroatoms. The summed E-state index contributed by atoms with van der Waals surface area (Å²) in [5, 5.41) is 3.33. The van der Waals surface area contributed by atoms with Gasteiger partial charge in [0.1, 0.15) is 0 Å². The molecule has 1 aromatic rings. The molecule has 1 aromatic carbocycles. The molecule has 0 spiro atoms. The monoisotopic (exact) mass is 276 g/mol. The fourth-order valence-corrected chi connectivity index (χ4v) is 2.78. The molecular weight excluding hydrogens is 252 g/mol. The molecule has 1 heterocycles. The number of nitrogens with one attached hydrogen (secondary N) is 1. The molecule has 2 rings (SSSR count). The Kier molecular flexibility index (Phi) is 5.56. The molecule has 2 atom stereocenters. The Balaban J connectivity index is 2.16. The summed E-state index contributed by atoms with van der Waals surface area (Å²) in [6, 6.07) is 10.0. The molecule has 0 radical (unpaired) electrons. The number of nitrogens with zero attached hydrogens (tertiary/aromatic N) is 1. The highest BCUT2D eigenvalue weighted by molar-refractivity contribution is 5.82. The average Bonchev–Trinajstić information content (AvgIpc) is 3.00. The van der Waals surface area contributed by atoms with Gasteiger partial charge >= 0.3 is 0 Å². The van der Waals surface area contributed by atoms with Gasteiger partial charge in [-0.1, -0.05) is 37.3 Å². The Hall–Kier alpha value is -1.39. The molecule has 1 N–H and O–H groups in total. The van der Waals surface area contributed by atoms with Crippen LogP contribution in [0, 0.1) is 0 Å². The van der Waals surface area contributed by atoms with E-state index in [0.29, 0.717) is 6.04 Å². The van der Waals surface area contributed by atoms with E-state index in [1.54, 1.807) is 7.11 Å². The molecule has 0 aromatic heterocycles. The smallest absolute Gasteiger partial charge is 0.256 e. The van der Waals surface area contributed by atoms with Gasteiger partial charge in [-0.05, 0) is 24.9 Å². The molecule has 20 heavy (non-hydrogen) atoms. The van der Waals surface area contributed by atoms with E-state index in [2.05, 4.69) is 12.2 Å². The molecule has 2 unspecified atom stereocenters. The van der Waals surface area contributed by atoms with Gasteiger partial charge in [0.25, 0.3) is 5.91 Å². The summed E-state index contributed by atoms with van der Waals surface area (Å²) >= 11 is 0. The van der Waals surface area contributed by atoms with E-state index in [9.17, 15) is 4.79 Å². The molecule has 0 aliphatic carbocycles. The molecule has 110 valence electrons. The van der Waals surface area contributed by atoms with Crippen molar-refractivity contribution < 1.29 is 9.53 Å². The first-order valence-corrected chi connectivity index (χ1v) is 7.36. The van der Waals surface area contributed by atoms with E-state index in [0.717, 1.165) is 38.0 Å². The van der Waals surface area contributed by atoms with Gasteiger partial charge in [0.15, 0.2) is 6.10 Å².